The maximum Gasteiger partial charge on any atom is 0.260 e. The molecule has 4 rings (SSSR count). The third kappa shape index (κ3) is 1.61. The number of fused-ring (bicyclic) bond motifs is 2. The van der Waals surface area contributed by atoms with Gasteiger partial charge in [-0.25, -0.2) is 0 Å². The number of carbonyl (C=O) groups excluding carboxylic acids is 1. The van der Waals surface area contributed by atoms with Crippen LogP contribution in [0.4, 0.5) is 11.4 Å². The second kappa shape index (κ2) is 4.22. The Morgan fingerprint density at radius 2 is 1.90 bits per heavy atom. The van der Waals surface area contributed by atoms with Gasteiger partial charge in [0.1, 0.15) is 0 Å². The van der Waals surface area contributed by atoms with Crippen molar-refractivity contribution in [1.82, 2.24) is 0 Å². The molecule has 1 N–H and O–H groups in total. The van der Waals surface area contributed by atoms with E-state index in [-0.39, 0.29) is 5.91 Å². The normalized spacial score (nSPS) is 31.9. The largest absolute Gasteiger partial charge is 0.378 e. The van der Waals surface area contributed by atoms with Crippen molar-refractivity contribution in [3.63, 3.8) is 0 Å². The molecular formula is C16H20N2O2. The zero-order valence-electron chi connectivity index (χ0n) is 11.7. The van der Waals surface area contributed by atoms with Crippen molar-refractivity contribution in [1.29, 1.82) is 0 Å². The van der Waals surface area contributed by atoms with Crippen LogP contribution in [0, 0.1) is 11.8 Å². The summed E-state index contributed by atoms with van der Waals surface area (Å²) in [5.74, 6) is 1.48. The third-order valence-corrected chi connectivity index (χ3v) is 5.33. The second-order valence-corrected chi connectivity index (χ2v) is 6.40. The Bertz CT molecular complexity index is 560. The molecule has 1 amide bonds. The minimum atomic E-state index is -0.984. The molecule has 1 aromatic rings. The Kier molecular flexibility index (Phi) is 2.58. The maximum absolute atomic E-state index is 11.8. The van der Waals surface area contributed by atoms with Gasteiger partial charge in [-0.2, -0.15) is 0 Å². The lowest BCUT2D eigenvalue weighted by atomic mass is 10.0. The quantitative estimate of drug-likeness (QED) is 0.849. The molecule has 1 saturated carbocycles. The van der Waals surface area contributed by atoms with Crippen LogP contribution < -0.4 is 9.80 Å². The SMILES string of the molecule is CN1C(=O)C(O)c2ccc(N3CC4CCCC4C3)cc21. The van der Waals surface area contributed by atoms with Crippen molar-refractivity contribution >= 4 is 17.3 Å². The molecule has 4 heteroatoms. The molecule has 1 saturated heterocycles. The average molecular weight is 272 g/mol. The van der Waals surface area contributed by atoms with Gasteiger partial charge in [-0.15, -0.1) is 0 Å². The molecule has 2 heterocycles. The van der Waals surface area contributed by atoms with Crippen LogP contribution in [0.2, 0.25) is 0 Å². The van der Waals surface area contributed by atoms with Crippen molar-refractivity contribution in [2.24, 2.45) is 11.8 Å². The summed E-state index contributed by atoms with van der Waals surface area (Å²) in [6.45, 7) is 2.29. The minimum absolute atomic E-state index is 0.226. The van der Waals surface area contributed by atoms with Gasteiger partial charge < -0.3 is 14.9 Å². The van der Waals surface area contributed by atoms with E-state index in [1.165, 1.54) is 24.9 Å². The molecule has 1 aromatic carbocycles. The van der Waals surface area contributed by atoms with Gasteiger partial charge >= 0.3 is 0 Å². The molecule has 0 spiro atoms. The molecule has 4 nitrogen and oxygen atoms in total. The number of carbonyl (C=O) groups is 1. The van der Waals surface area contributed by atoms with Gasteiger partial charge in [-0.05, 0) is 36.8 Å². The Morgan fingerprint density at radius 3 is 2.60 bits per heavy atom. The van der Waals surface area contributed by atoms with Crippen LogP contribution in [0.1, 0.15) is 30.9 Å². The molecule has 0 radical (unpaired) electrons. The van der Waals surface area contributed by atoms with E-state index in [9.17, 15) is 9.90 Å². The minimum Gasteiger partial charge on any atom is -0.378 e. The Balaban J connectivity index is 1.64. The summed E-state index contributed by atoms with van der Waals surface area (Å²) in [5.41, 5.74) is 2.78. The number of nitrogens with zero attached hydrogens (tertiary/aromatic N) is 2. The molecule has 0 aromatic heterocycles. The highest BCUT2D eigenvalue weighted by atomic mass is 16.3. The molecular weight excluding hydrogens is 252 g/mol. The molecule has 1 aliphatic carbocycles. The predicted octanol–water partition coefficient (Wildman–Crippen LogP) is 1.93. The van der Waals surface area contributed by atoms with Crippen LogP contribution in [0.3, 0.4) is 0 Å². The van der Waals surface area contributed by atoms with Gasteiger partial charge in [0.2, 0.25) is 0 Å². The summed E-state index contributed by atoms with van der Waals surface area (Å²) in [6.07, 6.45) is 3.13. The van der Waals surface area contributed by atoms with Crippen LogP contribution in [-0.2, 0) is 4.79 Å². The zero-order valence-corrected chi connectivity index (χ0v) is 11.7. The number of anilines is 2. The molecule has 0 bridgehead atoms. The highest BCUT2D eigenvalue weighted by Gasteiger charge is 2.38. The second-order valence-electron chi connectivity index (χ2n) is 6.40. The molecule has 2 fully saturated rings. The van der Waals surface area contributed by atoms with Crippen molar-refractivity contribution in [2.45, 2.75) is 25.4 Å². The fourth-order valence-corrected chi connectivity index (χ4v) is 4.13. The fraction of sp³-hybridized carbons (Fsp3) is 0.562. The Morgan fingerprint density at radius 1 is 1.20 bits per heavy atom. The highest BCUT2D eigenvalue weighted by Crippen LogP contribution is 2.42. The van der Waals surface area contributed by atoms with Gasteiger partial charge in [0.05, 0.1) is 5.69 Å². The summed E-state index contributed by atoms with van der Waals surface area (Å²) in [7, 11) is 1.74. The number of benzene rings is 1. The van der Waals surface area contributed by atoms with Crippen molar-refractivity contribution < 1.29 is 9.90 Å². The standard InChI is InChI=1S/C16H20N2O2/c1-17-14-7-12(5-6-13(14)15(19)16(17)20)18-8-10-3-2-4-11(10)9-18/h5-7,10-11,15,19H,2-4,8-9H2,1H3. The van der Waals surface area contributed by atoms with E-state index < -0.39 is 6.10 Å². The zero-order chi connectivity index (χ0) is 13.9. The lowest BCUT2D eigenvalue weighted by Crippen LogP contribution is -2.24. The van der Waals surface area contributed by atoms with E-state index in [1.807, 2.05) is 6.07 Å². The molecule has 3 aliphatic rings. The van der Waals surface area contributed by atoms with E-state index in [4.69, 9.17) is 0 Å². The van der Waals surface area contributed by atoms with Gasteiger partial charge in [0.25, 0.3) is 5.91 Å². The van der Waals surface area contributed by atoms with E-state index >= 15 is 0 Å². The monoisotopic (exact) mass is 272 g/mol. The van der Waals surface area contributed by atoms with E-state index in [2.05, 4.69) is 17.0 Å². The summed E-state index contributed by atoms with van der Waals surface area (Å²) in [5, 5.41) is 9.90. The number of hydrogen-bond acceptors (Lipinski definition) is 3. The molecule has 3 unspecified atom stereocenters. The number of likely N-dealkylation sites (N-methyl/N-ethyl adjacent to an activating group) is 1. The molecule has 3 atom stereocenters. The smallest absolute Gasteiger partial charge is 0.260 e. The van der Waals surface area contributed by atoms with Crippen LogP contribution in [0.15, 0.2) is 18.2 Å². The van der Waals surface area contributed by atoms with E-state index in [1.54, 1.807) is 11.9 Å². The predicted molar refractivity (Wildman–Crippen MR) is 77.9 cm³/mol. The Hall–Kier alpha value is -1.55. The number of hydrogen-bond donors (Lipinski definition) is 1. The first-order chi connectivity index (χ1) is 9.65. The van der Waals surface area contributed by atoms with Crippen molar-refractivity contribution in [2.75, 3.05) is 29.9 Å². The van der Waals surface area contributed by atoms with Crippen LogP contribution >= 0.6 is 0 Å². The first-order valence-corrected chi connectivity index (χ1v) is 7.49. The van der Waals surface area contributed by atoms with Gasteiger partial charge in [0.15, 0.2) is 6.10 Å². The van der Waals surface area contributed by atoms with Crippen LogP contribution in [0.5, 0.6) is 0 Å². The number of aliphatic hydroxyl groups excluding tert-OH is 1. The number of amides is 1. The summed E-state index contributed by atoms with van der Waals surface area (Å²) >= 11 is 0. The molecule has 106 valence electrons. The lowest BCUT2D eigenvalue weighted by molar-refractivity contribution is -0.125. The first kappa shape index (κ1) is 12.2. The Labute approximate surface area is 119 Å². The van der Waals surface area contributed by atoms with Crippen LogP contribution in [0.25, 0.3) is 0 Å². The summed E-state index contributed by atoms with van der Waals surface area (Å²) in [6, 6.07) is 6.02. The number of aliphatic hydroxyl groups is 1. The highest BCUT2D eigenvalue weighted by molar-refractivity contribution is 6.03. The summed E-state index contributed by atoms with van der Waals surface area (Å²) in [4.78, 5) is 15.8. The molecule has 20 heavy (non-hydrogen) atoms. The van der Waals surface area contributed by atoms with E-state index in [0.717, 1.165) is 36.2 Å². The fourth-order valence-electron chi connectivity index (χ4n) is 4.13. The maximum atomic E-state index is 11.8. The van der Waals surface area contributed by atoms with Gasteiger partial charge in [-0.3, -0.25) is 4.79 Å². The topological polar surface area (TPSA) is 43.8 Å². The van der Waals surface area contributed by atoms with Gasteiger partial charge in [-0.1, -0.05) is 12.5 Å². The first-order valence-electron chi connectivity index (χ1n) is 7.49. The third-order valence-electron chi connectivity index (χ3n) is 5.33. The van der Waals surface area contributed by atoms with Crippen molar-refractivity contribution in [3.05, 3.63) is 23.8 Å². The average Bonchev–Trinajstić information content (AvgIpc) is 3.09. The van der Waals surface area contributed by atoms with Crippen molar-refractivity contribution in [3.8, 4) is 0 Å². The van der Waals surface area contributed by atoms with Crippen LogP contribution in [-0.4, -0.2) is 31.2 Å². The van der Waals surface area contributed by atoms with Gasteiger partial charge in [0, 0.05) is 31.4 Å². The molecule has 2 aliphatic heterocycles. The number of rotatable bonds is 1. The summed E-state index contributed by atoms with van der Waals surface area (Å²) < 4.78 is 0. The van der Waals surface area contributed by atoms with E-state index in [0.29, 0.717) is 0 Å². The lowest BCUT2D eigenvalue weighted by Gasteiger charge is -2.21.